The Balaban J connectivity index is 0. The molecule has 0 aromatic heterocycles. The first-order chi connectivity index (χ1) is 5.18. The Kier molecular flexibility index (Phi) is 15.4. The molecule has 0 aliphatic rings. The Bertz CT molecular complexity index is 55.5. The molecule has 0 rings (SSSR count). The lowest BCUT2D eigenvalue weighted by Gasteiger charge is -2.05. The second-order valence-electron chi connectivity index (χ2n) is 2.81. The van der Waals surface area contributed by atoms with Gasteiger partial charge in [-0.1, -0.05) is 34.1 Å². The molecule has 0 bridgehead atoms. The van der Waals surface area contributed by atoms with E-state index in [0.717, 1.165) is 13.2 Å². The Morgan fingerprint density at radius 1 is 1.27 bits per heavy atom. The quantitative estimate of drug-likeness (QED) is 0.637. The van der Waals surface area contributed by atoms with Crippen molar-refractivity contribution < 1.29 is 4.74 Å². The summed E-state index contributed by atoms with van der Waals surface area (Å²) in [5.74, 6) is 0. The van der Waals surface area contributed by atoms with Gasteiger partial charge in [-0.05, 0) is 0 Å². The van der Waals surface area contributed by atoms with Crippen molar-refractivity contribution in [3.05, 3.63) is 0 Å². The number of methoxy groups -OCH3 is 1. The number of rotatable bonds is 4. The molecule has 0 saturated carbocycles. The summed E-state index contributed by atoms with van der Waals surface area (Å²) in [6.07, 6.45) is 1.25. The molecule has 0 atom stereocenters. The predicted molar refractivity (Wildman–Crippen MR) is 51.0 cm³/mol. The van der Waals surface area contributed by atoms with Gasteiger partial charge in [-0.3, -0.25) is 0 Å². The third-order valence-electron chi connectivity index (χ3n) is 0.859. The molecule has 0 heterocycles. The fourth-order valence-electron chi connectivity index (χ4n) is 0.450. The van der Waals surface area contributed by atoms with Crippen LogP contribution in [0, 0.1) is 0 Å². The molecule has 0 saturated heterocycles. The van der Waals surface area contributed by atoms with Crippen LogP contribution in [0.4, 0.5) is 0 Å². The smallest absolute Gasteiger partial charge is 0.0587 e. The molecule has 0 unspecified atom stereocenters. The van der Waals surface area contributed by atoms with Gasteiger partial charge < -0.3 is 10.1 Å². The highest BCUT2D eigenvalue weighted by molar-refractivity contribution is 4.49. The average Bonchev–Trinajstić information content (AvgIpc) is 1.89. The van der Waals surface area contributed by atoms with Gasteiger partial charge in [0, 0.05) is 19.7 Å². The van der Waals surface area contributed by atoms with E-state index in [0.29, 0.717) is 6.04 Å². The van der Waals surface area contributed by atoms with Gasteiger partial charge in [0.15, 0.2) is 0 Å². The number of ether oxygens (including phenoxy) is 1. The number of hydrogen-bond donors (Lipinski definition) is 1. The van der Waals surface area contributed by atoms with E-state index in [1.807, 2.05) is 0 Å². The van der Waals surface area contributed by atoms with E-state index in [1.54, 1.807) is 7.11 Å². The molecule has 0 aromatic rings. The number of hydrogen-bond acceptors (Lipinski definition) is 2. The summed E-state index contributed by atoms with van der Waals surface area (Å²) < 4.78 is 4.83. The van der Waals surface area contributed by atoms with Gasteiger partial charge in [0.1, 0.15) is 0 Å². The molecule has 0 spiro atoms. The van der Waals surface area contributed by atoms with Gasteiger partial charge in [0.25, 0.3) is 0 Å². The molecule has 0 aliphatic carbocycles. The minimum absolute atomic E-state index is 0.574. The Labute approximate surface area is 71.3 Å². The first-order valence-electron chi connectivity index (χ1n) is 4.41. The lowest BCUT2D eigenvalue weighted by Crippen LogP contribution is -2.26. The van der Waals surface area contributed by atoms with Crippen LogP contribution in [0.25, 0.3) is 0 Å². The maximum absolute atomic E-state index is 4.83. The zero-order valence-electron chi connectivity index (χ0n) is 8.61. The van der Waals surface area contributed by atoms with Crippen molar-refractivity contribution in [1.82, 2.24) is 5.32 Å². The Morgan fingerprint density at radius 2 is 1.73 bits per heavy atom. The normalized spacial score (nSPS) is 9.27. The predicted octanol–water partition coefficient (Wildman–Crippen LogP) is 2.05. The minimum Gasteiger partial charge on any atom is -0.383 e. The highest BCUT2D eigenvalue weighted by Crippen LogP contribution is 1.73. The lowest BCUT2D eigenvalue weighted by atomic mass is 10.4. The fraction of sp³-hybridized carbons (Fsp3) is 1.00. The second-order valence-corrected chi connectivity index (χ2v) is 2.81. The van der Waals surface area contributed by atoms with Gasteiger partial charge in [0.05, 0.1) is 6.61 Å². The molecule has 0 amide bonds. The zero-order chi connectivity index (χ0) is 9.11. The van der Waals surface area contributed by atoms with Crippen LogP contribution in [0.3, 0.4) is 0 Å². The molecule has 70 valence electrons. The van der Waals surface area contributed by atoms with Crippen LogP contribution in [-0.4, -0.2) is 26.3 Å². The van der Waals surface area contributed by atoms with Gasteiger partial charge in [-0.25, -0.2) is 0 Å². The van der Waals surface area contributed by atoms with Crippen molar-refractivity contribution in [3.8, 4) is 0 Å². The van der Waals surface area contributed by atoms with Crippen molar-refractivity contribution in [2.45, 2.75) is 40.2 Å². The van der Waals surface area contributed by atoms with Gasteiger partial charge in [0.2, 0.25) is 0 Å². The monoisotopic (exact) mass is 161 g/mol. The molecule has 11 heavy (non-hydrogen) atoms. The van der Waals surface area contributed by atoms with E-state index in [9.17, 15) is 0 Å². The highest BCUT2D eigenvalue weighted by atomic mass is 16.5. The Hall–Kier alpha value is -0.0800. The standard InChI is InChI=1S/C6H15NO.C3H8/c1-6(2)7-4-5-8-3;1-3-2/h6-7H,4-5H2,1-3H3;3H2,1-2H3. The summed E-state index contributed by atoms with van der Waals surface area (Å²) >= 11 is 0. The lowest BCUT2D eigenvalue weighted by molar-refractivity contribution is 0.197. The van der Waals surface area contributed by atoms with Crippen molar-refractivity contribution in [1.29, 1.82) is 0 Å². The van der Waals surface area contributed by atoms with Gasteiger partial charge >= 0.3 is 0 Å². The van der Waals surface area contributed by atoms with Crippen LogP contribution < -0.4 is 5.32 Å². The second kappa shape index (κ2) is 12.6. The molecule has 2 nitrogen and oxygen atoms in total. The maximum Gasteiger partial charge on any atom is 0.0587 e. The summed E-state index contributed by atoms with van der Waals surface area (Å²) in [5, 5.41) is 3.22. The van der Waals surface area contributed by atoms with E-state index in [2.05, 4.69) is 33.0 Å². The van der Waals surface area contributed by atoms with E-state index < -0.39 is 0 Å². The first kappa shape index (κ1) is 13.5. The maximum atomic E-state index is 4.83. The van der Waals surface area contributed by atoms with Gasteiger partial charge in [-0.15, -0.1) is 0 Å². The third-order valence-corrected chi connectivity index (χ3v) is 0.859. The summed E-state index contributed by atoms with van der Waals surface area (Å²) in [7, 11) is 1.71. The summed E-state index contributed by atoms with van der Waals surface area (Å²) in [4.78, 5) is 0. The minimum atomic E-state index is 0.574. The summed E-state index contributed by atoms with van der Waals surface area (Å²) in [6.45, 7) is 10.2. The van der Waals surface area contributed by atoms with Crippen molar-refractivity contribution in [2.75, 3.05) is 20.3 Å². The molecule has 0 aromatic carbocycles. The molecule has 1 N–H and O–H groups in total. The van der Waals surface area contributed by atoms with Crippen LogP contribution in [0.2, 0.25) is 0 Å². The van der Waals surface area contributed by atoms with Crippen LogP contribution in [-0.2, 0) is 4.74 Å². The SMILES string of the molecule is CCC.COCCNC(C)C. The van der Waals surface area contributed by atoms with E-state index >= 15 is 0 Å². The first-order valence-corrected chi connectivity index (χ1v) is 4.41. The summed E-state index contributed by atoms with van der Waals surface area (Å²) in [6, 6.07) is 0.574. The van der Waals surface area contributed by atoms with Crippen LogP contribution in [0.5, 0.6) is 0 Å². The molecule has 2 heteroatoms. The largest absolute Gasteiger partial charge is 0.383 e. The fourth-order valence-corrected chi connectivity index (χ4v) is 0.450. The number of nitrogens with one attached hydrogen (secondary N) is 1. The molecular weight excluding hydrogens is 138 g/mol. The van der Waals surface area contributed by atoms with Gasteiger partial charge in [-0.2, -0.15) is 0 Å². The molecular formula is C9H23NO. The Morgan fingerprint density at radius 3 is 2.00 bits per heavy atom. The van der Waals surface area contributed by atoms with E-state index in [-0.39, 0.29) is 0 Å². The topological polar surface area (TPSA) is 21.3 Å². The average molecular weight is 161 g/mol. The zero-order valence-corrected chi connectivity index (χ0v) is 8.61. The third kappa shape index (κ3) is 25.7. The van der Waals surface area contributed by atoms with Crippen molar-refractivity contribution in [2.24, 2.45) is 0 Å². The molecule has 0 radical (unpaired) electrons. The van der Waals surface area contributed by atoms with Crippen LogP contribution >= 0.6 is 0 Å². The molecule has 0 fully saturated rings. The van der Waals surface area contributed by atoms with Crippen molar-refractivity contribution in [3.63, 3.8) is 0 Å². The highest BCUT2D eigenvalue weighted by Gasteiger charge is 1.87. The van der Waals surface area contributed by atoms with E-state index in [4.69, 9.17) is 4.74 Å². The van der Waals surface area contributed by atoms with Crippen molar-refractivity contribution >= 4 is 0 Å². The van der Waals surface area contributed by atoms with E-state index in [1.165, 1.54) is 6.42 Å². The molecule has 0 aliphatic heterocycles. The van der Waals surface area contributed by atoms with Crippen LogP contribution in [0.1, 0.15) is 34.1 Å². The van der Waals surface area contributed by atoms with Crippen LogP contribution in [0.15, 0.2) is 0 Å². The summed E-state index contributed by atoms with van der Waals surface area (Å²) in [5.41, 5.74) is 0.